The van der Waals surface area contributed by atoms with Gasteiger partial charge in [0.15, 0.2) is 0 Å². The van der Waals surface area contributed by atoms with Gasteiger partial charge in [0.1, 0.15) is 8.77 Å². The van der Waals surface area contributed by atoms with Gasteiger partial charge in [-0.15, -0.1) is 0 Å². The van der Waals surface area contributed by atoms with Crippen molar-refractivity contribution in [3.05, 3.63) is 35.9 Å². The Morgan fingerprint density at radius 1 is 1.38 bits per heavy atom. The Morgan fingerprint density at radius 2 is 2.00 bits per heavy atom. The van der Waals surface area contributed by atoms with Gasteiger partial charge in [0, 0.05) is 11.2 Å². The van der Waals surface area contributed by atoms with Crippen molar-refractivity contribution in [1.82, 2.24) is 0 Å². The molecule has 0 spiro atoms. The highest BCUT2D eigenvalue weighted by atomic mass is 32.8. The van der Waals surface area contributed by atoms with Crippen LogP contribution in [0.3, 0.4) is 0 Å². The molecule has 2 nitrogen and oxygen atoms in total. The van der Waals surface area contributed by atoms with Gasteiger partial charge < -0.3 is 0 Å². The molecule has 1 atom stereocenters. The summed E-state index contributed by atoms with van der Waals surface area (Å²) in [6, 6.07) is 9.49. The molecule has 1 rings (SSSR count). The summed E-state index contributed by atoms with van der Waals surface area (Å²) >= 11 is 4.83. The van der Waals surface area contributed by atoms with Crippen molar-refractivity contribution in [3.8, 4) is 0 Å². The smallest absolute Gasteiger partial charge is 0.148 e. The van der Waals surface area contributed by atoms with Crippen LogP contribution in [0, 0.1) is 0 Å². The maximum Gasteiger partial charge on any atom is 0.148 e. The van der Waals surface area contributed by atoms with Crippen molar-refractivity contribution in [2.75, 3.05) is 6.61 Å². The van der Waals surface area contributed by atoms with E-state index >= 15 is 0 Å². The van der Waals surface area contributed by atoms with Crippen molar-refractivity contribution in [2.45, 2.75) is 12.7 Å². The fraction of sp³-hybridized carbons (Fsp3) is 0.333. The summed E-state index contributed by atoms with van der Waals surface area (Å²) in [6.45, 7) is 2.19. The van der Waals surface area contributed by atoms with Gasteiger partial charge in [-0.1, -0.05) is 30.3 Å². The van der Waals surface area contributed by atoms with Crippen molar-refractivity contribution < 1.29 is 8.39 Å². The van der Waals surface area contributed by atoms with E-state index in [1.54, 1.807) is 6.92 Å². The van der Waals surface area contributed by atoms with Crippen LogP contribution < -0.4 is 0 Å². The monoisotopic (exact) mass is 216 g/mol. The van der Waals surface area contributed by atoms with Gasteiger partial charge in [-0.3, -0.25) is 4.18 Å². The lowest BCUT2D eigenvalue weighted by atomic mass is 10.2. The van der Waals surface area contributed by atoms with Gasteiger partial charge in [0.2, 0.25) is 0 Å². The molecular formula is C9H12O2S2. The second-order valence-corrected chi connectivity index (χ2v) is 5.76. The minimum Gasteiger partial charge on any atom is -0.290 e. The fourth-order valence-corrected chi connectivity index (χ4v) is 2.74. The van der Waals surface area contributed by atoms with E-state index in [9.17, 15) is 4.21 Å². The third-order valence-corrected chi connectivity index (χ3v) is 3.41. The zero-order chi connectivity index (χ0) is 9.73. The second-order valence-electron chi connectivity index (χ2n) is 2.59. The first-order valence-corrected chi connectivity index (χ1v) is 6.63. The Labute approximate surface area is 83.8 Å². The highest BCUT2D eigenvalue weighted by molar-refractivity contribution is 8.29. The van der Waals surface area contributed by atoms with Crippen LogP contribution in [0.4, 0.5) is 0 Å². The molecule has 72 valence electrons. The van der Waals surface area contributed by atoms with Gasteiger partial charge >= 0.3 is 0 Å². The standard InChI is InChI=1S/C9H12O2S2/c1-2-11-13(10,12)8-9-6-4-3-5-7-9/h3-7H,2,8H2,1H3. The molecule has 0 aromatic heterocycles. The topological polar surface area (TPSA) is 26.3 Å². The van der Waals surface area contributed by atoms with Crippen LogP contribution in [0.25, 0.3) is 0 Å². The Morgan fingerprint density at radius 3 is 2.54 bits per heavy atom. The molecule has 0 bridgehead atoms. The Hall–Kier alpha value is -0.450. The molecule has 0 aliphatic carbocycles. The molecule has 0 heterocycles. The van der Waals surface area contributed by atoms with Crippen molar-refractivity contribution in [2.24, 2.45) is 0 Å². The average Bonchev–Trinajstić information content (AvgIpc) is 2.04. The maximum atomic E-state index is 11.5. The first-order chi connectivity index (χ1) is 6.14. The molecule has 1 unspecified atom stereocenters. The van der Waals surface area contributed by atoms with Crippen LogP contribution in [-0.2, 0) is 29.9 Å². The average molecular weight is 216 g/mol. The van der Waals surface area contributed by atoms with E-state index in [1.165, 1.54) is 0 Å². The van der Waals surface area contributed by atoms with Crippen LogP contribution in [0.15, 0.2) is 30.3 Å². The molecule has 0 N–H and O–H groups in total. The van der Waals surface area contributed by atoms with E-state index in [2.05, 4.69) is 0 Å². The second kappa shape index (κ2) is 4.69. The van der Waals surface area contributed by atoms with Gasteiger partial charge in [-0.2, -0.15) is 0 Å². The lowest BCUT2D eigenvalue weighted by molar-refractivity contribution is 0.369. The van der Waals surface area contributed by atoms with Gasteiger partial charge in [-0.25, -0.2) is 4.21 Å². The summed E-state index contributed by atoms with van der Waals surface area (Å²) in [7, 11) is -2.55. The lowest BCUT2D eigenvalue weighted by Gasteiger charge is -2.05. The van der Waals surface area contributed by atoms with E-state index in [0.29, 0.717) is 12.4 Å². The first-order valence-electron chi connectivity index (χ1n) is 4.05. The quantitative estimate of drug-likeness (QED) is 0.768. The molecule has 0 amide bonds. The summed E-state index contributed by atoms with van der Waals surface area (Å²) in [4.78, 5) is 0. The predicted molar refractivity (Wildman–Crippen MR) is 57.3 cm³/mol. The summed E-state index contributed by atoms with van der Waals surface area (Å²) in [6.07, 6.45) is 0. The van der Waals surface area contributed by atoms with E-state index in [-0.39, 0.29) is 0 Å². The molecule has 4 heteroatoms. The highest BCUT2D eigenvalue weighted by Gasteiger charge is 2.06. The first kappa shape index (κ1) is 10.6. The summed E-state index contributed by atoms with van der Waals surface area (Å²) in [5.41, 5.74) is 0.955. The molecule has 1 aromatic carbocycles. The van der Waals surface area contributed by atoms with Crippen LogP contribution in [0.1, 0.15) is 12.5 Å². The molecule has 0 radical (unpaired) electrons. The normalized spacial score (nSPS) is 15.2. The number of benzene rings is 1. The predicted octanol–water partition coefficient (Wildman–Crippen LogP) is 1.88. The van der Waals surface area contributed by atoms with Crippen LogP contribution in [0.2, 0.25) is 0 Å². The zero-order valence-electron chi connectivity index (χ0n) is 7.43. The summed E-state index contributed by atoms with van der Waals surface area (Å²) < 4.78 is 16.5. The molecule has 0 saturated carbocycles. The molecule has 0 saturated heterocycles. The fourth-order valence-electron chi connectivity index (χ4n) is 1.000. The lowest BCUT2D eigenvalue weighted by Crippen LogP contribution is -2.06. The van der Waals surface area contributed by atoms with Crippen LogP contribution in [-0.4, -0.2) is 10.8 Å². The SMILES string of the molecule is CCOS(=O)(=S)Cc1ccccc1. The molecular weight excluding hydrogens is 204 g/mol. The van der Waals surface area contributed by atoms with E-state index in [4.69, 9.17) is 15.4 Å². The van der Waals surface area contributed by atoms with Crippen LogP contribution in [0.5, 0.6) is 0 Å². The molecule has 0 aliphatic heterocycles. The maximum absolute atomic E-state index is 11.5. The largest absolute Gasteiger partial charge is 0.290 e. The third kappa shape index (κ3) is 3.85. The van der Waals surface area contributed by atoms with Gasteiger partial charge in [-0.05, 0) is 12.5 Å². The third-order valence-electron chi connectivity index (χ3n) is 1.48. The molecule has 13 heavy (non-hydrogen) atoms. The molecule has 0 fully saturated rings. The van der Waals surface area contributed by atoms with Crippen molar-refractivity contribution in [3.63, 3.8) is 0 Å². The van der Waals surface area contributed by atoms with Crippen LogP contribution >= 0.6 is 0 Å². The number of rotatable bonds is 4. The van der Waals surface area contributed by atoms with Crippen molar-refractivity contribution in [1.29, 1.82) is 0 Å². The van der Waals surface area contributed by atoms with Crippen molar-refractivity contribution >= 4 is 20.0 Å². The van der Waals surface area contributed by atoms with E-state index < -0.39 is 8.77 Å². The van der Waals surface area contributed by atoms with Gasteiger partial charge in [0.05, 0.1) is 12.4 Å². The minimum atomic E-state index is -2.55. The Kier molecular flexibility index (Phi) is 3.84. The minimum absolute atomic E-state index is 0.316. The van der Waals surface area contributed by atoms with E-state index in [0.717, 1.165) is 5.56 Å². The molecule has 1 aromatic rings. The number of hydrogen-bond acceptors (Lipinski definition) is 3. The number of hydrogen-bond donors (Lipinski definition) is 0. The zero-order valence-corrected chi connectivity index (χ0v) is 9.07. The Bertz CT molecular complexity index is 343. The molecule has 0 aliphatic rings. The Balaban J connectivity index is 2.70. The van der Waals surface area contributed by atoms with Gasteiger partial charge in [0.25, 0.3) is 0 Å². The highest BCUT2D eigenvalue weighted by Crippen LogP contribution is 2.07. The van der Waals surface area contributed by atoms with E-state index in [1.807, 2.05) is 30.3 Å². The summed E-state index contributed by atoms with van der Waals surface area (Å²) in [5.74, 6) is 0.316. The summed E-state index contributed by atoms with van der Waals surface area (Å²) in [5, 5.41) is 0.